The van der Waals surface area contributed by atoms with Crippen molar-refractivity contribution in [2.45, 2.75) is 19.5 Å². The van der Waals surface area contributed by atoms with E-state index >= 15 is 4.39 Å². The predicted octanol–water partition coefficient (Wildman–Crippen LogP) is 6.13. The van der Waals surface area contributed by atoms with Crippen molar-refractivity contribution >= 4 is 38.1 Å². The van der Waals surface area contributed by atoms with Crippen molar-refractivity contribution in [3.63, 3.8) is 0 Å². The van der Waals surface area contributed by atoms with Crippen LogP contribution < -0.4 is 10.3 Å². The van der Waals surface area contributed by atoms with Crippen LogP contribution in [0.1, 0.15) is 18.7 Å². The first-order chi connectivity index (χ1) is 23.2. The zero-order valence-electron chi connectivity index (χ0n) is 26.4. The van der Waals surface area contributed by atoms with Crippen LogP contribution in [-0.2, 0) is 23.1 Å². The highest BCUT2D eigenvalue weighted by molar-refractivity contribution is 7.18. The number of methoxy groups -OCH3 is 1. The number of carbonyl (C=O) groups is 1. The molecule has 1 aliphatic heterocycles. The van der Waals surface area contributed by atoms with Gasteiger partial charge < -0.3 is 14.4 Å². The molecule has 5 heterocycles. The Labute approximate surface area is 277 Å². The Kier molecular flexibility index (Phi) is 8.09. The number of pyridine rings is 1. The molecular formula is C35H30F2N6O4S. The number of thiophene rings is 1. The van der Waals surface area contributed by atoms with Crippen molar-refractivity contribution in [3.8, 4) is 39.5 Å². The van der Waals surface area contributed by atoms with Crippen LogP contribution in [0, 0.1) is 11.6 Å². The van der Waals surface area contributed by atoms with Crippen LogP contribution in [0.5, 0.6) is 5.75 Å². The van der Waals surface area contributed by atoms with Crippen LogP contribution in [0.2, 0.25) is 0 Å². The van der Waals surface area contributed by atoms with E-state index in [0.717, 1.165) is 23.2 Å². The number of aryl methyl sites for hydroxylation is 1. The summed E-state index contributed by atoms with van der Waals surface area (Å²) in [6.07, 6.45) is 2.91. The smallest absolute Gasteiger partial charge is 0.274 e. The highest BCUT2D eigenvalue weighted by atomic mass is 32.1. The largest absolute Gasteiger partial charge is 0.490 e. The average molecular weight is 669 g/mol. The monoisotopic (exact) mass is 668 g/mol. The number of amides is 1. The van der Waals surface area contributed by atoms with E-state index in [-0.39, 0.29) is 42.0 Å². The van der Waals surface area contributed by atoms with Crippen molar-refractivity contribution in [2.24, 2.45) is 7.05 Å². The molecule has 48 heavy (non-hydrogen) atoms. The van der Waals surface area contributed by atoms with Crippen LogP contribution >= 0.6 is 11.3 Å². The molecule has 0 aliphatic carbocycles. The maximum atomic E-state index is 16.1. The fourth-order valence-electron chi connectivity index (χ4n) is 6.23. The number of carbonyl (C=O) groups excluding carboxylic acids is 1. The Morgan fingerprint density at radius 1 is 1.08 bits per heavy atom. The average Bonchev–Trinajstić information content (AvgIpc) is 3.74. The molecule has 2 aromatic carbocycles. The molecule has 6 aromatic rings. The third-order valence-corrected chi connectivity index (χ3v) is 9.53. The van der Waals surface area contributed by atoms with Gasteiger partial charge in [-0.1, -0.05) is 12.6 Å². The van der Waals surface area contributed by atoms with Crippen molar-refractivity contribution < 1.29 is 23.0 Å². The second kappa shape index (κ2) is 12.4. The van der Waals surface area contributed by atoms with Gasteiger partial charge in [0.05, 0.1) is 47.7 Å². The molecule has 7 rings (SSSR count). The summed E-state index contributed by atoms with van der Waals surface area (Å²) in [5.41, 5.74) is 3.08. The summed E-state index contributed by atoms with van der Waals surface area (Å²) in [5.74, 6) is -1.79. The number of fused-ring (bicyclic) bond motifs is 3. The molecule has 0 unspecified atom stereocenters. The fourth-order valence-corrected chi connectivity index (χ4v) is 7.18. The fraction of sp³-hybridized carbons (Fsp3) is 0.229. The van der Waals surface area contributed by atoms with E-state index in [9.17, 15) is 14.0 Å². The minimum absolute atomic E-state index is 0.00256. The van der Waals surface area contributed by atoms with Gasteiger partial charge in [-0.05, 0) is 42.6 Å². The van der Waals surface area contributed by atoms with Crippen LogP contribution in [0.3, 0.4) is 0 Å². The summed E-state index contributed by atoms with van der Waals surface area (Å²) in [4.78, 5) is 32.2. The highest BCUT2D eigenvalue weighted by Crippen LogP contribution is 2.47. The number of nitrogens with zero attached hydrogens (tertiary/aromatic N) is 6. The van der Waals surface area contributed by atoms with Crippen molar-refractivity contribution in [1.29, 1.82) is 0 Å². The summed E-state index contributed by atoms with van der Waals surface area (Å²) < 4.78 is 45.5. The van der Waals surface area contributed by atoms with Gasteiger partial charge in [0.1, 0.15) is 35.4 Å². The number of benzene rings is 2. The van der Waals surface area contributed by atoms with Crippen molar-refractivity contribution in [3.05, 3.63) is 94.4 Å². The van der Waals surface area contributed by atoms with Crippen molar-refractivity contribution in [2.75, 3.05) is 26.9 Å². The normalized spacial score (nSPS) is 14.4. The van der Waals surface area contributed by atoms with Gasteiger partial charge in [-0.25, -0.2) is 18.4 Å². The molecule has 0 saturated carbocycles. The zero-order valence-corrected chi connectivity index (χ0v) is 27.2. The molecule has 1 atom stereocenters. The first-order valence-corrected chi connectivity index (χ1v) is 16.1. The molecular weight excluding hydrogens is 638 g/mol. The van der Waals surface area contributed by atoms with Gasteiger partial charge in [0.25, 0.3) is 5.56 Å². The lowest BCUT2D eigenvalue weighted by Gasteiger charge is -2.33. The van der Waals surface area contributed by atoms with Crippen molar-refractivity contribution in [1.82, 2.24) is 29.4 Å². The molecule has 4 aromatic heterocycles. The Bertz CT molecular complexity index is 2310. The summed E-state index contributed by atoms with van der Waals surface area (Å²) >= 11 is 1.38. The van der Waals surface area contributed by atoms with Gasteiger partial charge in [-0.15, -0.1) is 11.3 Å². The maximum absolute atomic E-state index is 16.1. The molecule has 1 amide bonds. The number of rotatable bonds is 8. The summed E-state index contributed by atoms with van der Waals surface area (Å²) in [6, 6.07) is 10.8. The van der Waals surface area contributed by atoms with E-state index in [1.54, 1.807) is 24.2 Å². The number of hydrogen-bond donors (Lipinski definition) is 0. The molecule has 0 fully saturated rings. The van der Waals surface area contributed by atoms with Gasteiger partial charge in [-0.2, -0.15) is 10.2 Å². The molecule has 0 bridgehead atoms. The molecule has 0 radical (unpaired) electrons. The summed E-state index contributed by atoms with van der Waals surface area (Å²) in [5, 5.41) is 12.9. The van der Waals surface area contributed by atoms with Gasteiger partial charge >= 0.3 is 0 Å². The van der Waals surface area contributed by atoms with Crippen LogP contribution in [-0.4, -0.2) is 62.2 Å². The van der Waals surface area contributed by atoms with E-state index in [2.05, 4.69) is 11.7 Å². The summed E-state index contributed by atoms with van der Waals surface area (Å²) in [6.45, 7) is 6.69. The van der Waals surface area contributed by atoms with Gasteiger partial charge in [0, 0.05) is 59.4 Å². The minimum atomic E-state index is -0.819. The highest BCUT2D eigenvalue weighted by Gasteiger charge is 2.31. The Morgan fingerprint density at radius 2 is 1.92 bits per heavy atom. The van der Waals surface area contributed by atoms with Crippen LogP contribution in [0.4, 0.5) is 8.78 Å². The minimum Gasteiger partial charge on any atom is -0.490 e. The Morgan fingerprint density at radius 3 is 2.71 bits per heavy atom. The van der Waals surface area contributed by atoms with Gasteiger partial charge in [0.2, 0.25) is 5.91 Å². The number of hydrogen-bond acceptors (Lipinski definition) is 8. The molecule has 1 aliphatic rings. The molecule has 244 valence electrons. The Hall–Kier alpha value is -5.27. The lowest BCUT2D eigenvalue weighted by molar-refractivity contribution is -0.129. The van der Waals surface area contributed by atoms with E-state index in [1.807, 2.05) is 41.3 Å². The van der Waals surface area contributed by atoms with E-state index < -0.39 is 11.6 Å². The number of aromatic nitrogens is 5. The third kappa shape index (κ3) is 5.24. The SMILES string of the molecule is C=CC(=O)N1CCn2nc(-c3nc(-c4ccc5c(=O)n(C)ncc5c4)c4ccsc4c3-c3c(F)cc(F)cc3OCCOC)cc2[C@H]1C. The van der Waals surface area contributed by atoms with Crippen LogP contribution in [0.25, 0.3) is 54.6 Å². The van der Waals surface area contributed by atoms with E-state index in [1.165, 1.54) is 29.2 Å². The first-order valence-electron chi connectivity index (χ1n) is 15.2. The standard InChI is InChI=1S/C35H30F2N6O4S/c1-5-29(44)42-9-10-43-27(19(42)2)17-26(40-43)33-31(30-25(37)15-22(36)16-28(30)47-12-11-46-4)34-24(8-13-48-34)32(39-33)20-6-7-23-21(14-20)18-38-41(3)35(23)45/h5-8,13-19H,1,9-12H2,2-4H3/t19-/m1/s1. The second-order valence-corrected chi connectivity index (χ2v) is 12.3. The van der Waals surface area contributed by atoms with E-state index in [4.69, 9.17) is 19.6 Å². The van der Waals surface area contributed by atoms with Gasteiger partial charge in [-0.3, -0.25) is 14.3 Å². The molecule has 0 saturated heterocycles. The predicted molar refractivity (Wildman–Crippen MR) is 180 cm³/mol. The molecule has 13 heteroatoms. The zero-order chi connectivity index (χ0) is 33.7. The van der Waals surface area contributed by atoms with Gasteiger partial charge in [0.15, 0.2) is 0 Å². The van der Waals surface area contributed by atoms with Crippen LogP contribution in [0.15, 0.2) is 71.5 Å². The van der Waals surface area contributed by atoms with E-state index in [0.29, 0.717) is 56.8 Å². The number of halogens is 2. The molecule has 0 spiro atoms. The third-order valence-electron chi connectivity index (χ3n) is 8.60. The molecule has 10 nitrogen and oxygen atoms in total. The second-order valence-electron chi connectivity index (χ2n) is 11.4. The lowest BCUT2D eigenvalue weighted by Crippen LogP contribution is -2.40. The quantitative estimate of drug-likeness (QED) is 0.142. The topological polar surface area (TPSA) is 104 Å². The molecule has 0 N–H and O–H groups in total. The maximum Gasteiger partial charge on any atom is 0.274 e. The lowest BCUT2D eigenvalue weighted by atomic mass is 9.96. The Balaban J connectivity index is 1.51. The first kappa shape index (κ1) is 31.3. The number of ether oxygens (including phenoxy) is 2. The summed E-state index contributed by atoms with van der Waals surface area (Å²) in [7, 11) is 3.11.